The molecular weight excluding hydrogens is 779 g/mol. The fourth-order valence-corrected chi connectivity index (χ4v) is 7.47. The molecule has 3 unspecified atom stereocenters. The number of rotatable bonds is 24. The van der Waals surface area contributed by atoms with Crippen molar-refractivity contribution in [1.82, 2.24) is 20.5 Å². The second-order valence-corrected chi connectivity index (χ2v) is 16.6. The number of aliphatic hydroxyl groups is 1. The van der Waals surface area contributed by atoms with Crippen LogP contribution >= 0.6 is 33.9 Å². The molecule has 3 amide bonds. The molecule has 3 atom stereocenters. The number of carbonyl (C=O) groups excluding carboxylic acids is 3. The highest BCUT2D eigenvalue weighted by atomic mass is 127. The molecule has 1 aromatic heterocycles. The lowest BCUT2D eigenvalue weighted by atomic mass is 9.85. The van der Waals surface area contributed by atoms with E-state index in [1.807, 2.05) is 57.5 Å². The van der Waals surface area contributed by atoms with Gasteiger partial charge in [-0.25, -0.2) is 4.98 Å². The van der Waals surface area contributed by atoms with Crippen molar-refractivity contribution in [3.05, 3.63) is 41.0 Å². The smallest absolute Gasteiger partial charge is 0.246 e. The Kier molecular flexibility index (Phi) is 20.0. The molecule has 1 aliphatic rings. The van der Waals surface area contributed by atoms with E-state index in [-0.39, 0.29) is 30.7 Å². The van der Waals surface area contributed by atoms with Gasteiger partial charge in [0.15, 0.2) is 0 Å². The van der Waals surface area contributed by atoms with E-state index in [4.69, 9.17) is 9.47 Å². The number of amides is 3. The SMILES string of the molecule is Cc1ncsc1-c1ccc(CNC(=O)C2CC(O)CN2C(=O)C(NC(=O)CCCCCOCCCCCOCCCCCCI)C(C)(C)C)cc1. The summed E-state index contributed by atoms with van der Waals surface area (Å²) < 4.78 is 12.7. The number of nitrogens with zero attached hydrogens (tertiary/aromatic N) is 2. The summed E-state index contributed by atoms with van der Waals surface area (Å²) in [7, 11) is 0. The third-order valence-corrected chi connectivity index (χ3v) is 10.9. The molecule has 1 fully saturated rings. The van der Waals surface area contributed by atoms with Gasteiger partial charge in [-0.2, -0.15) is 0 Å². The van der Waals surface area contributed by atoms with Gasteiger partial charge in [0.25, 0.3) is 0 Å². The number of aromatic nitrogens is 1. The van der Waals surface area contributed by atoms with Gasteiger partial charge in [0.1, 0.15) is 12.1 Å². The molecule has 1 saturated heterocycles. The number of hydrogen-bond donors (Lipinski definition) is 3. The molecular formula is C39H61IN4O6S. The highest BCUT2D eigenvalue weighted by Gasteiger charge is 2.44. The van der Waals surface area contributed by atoms with Crippen molar-refractivity contribution in [2.75, 3.05) is 37.4 Å². The van der Waals surface area contributed by atoms with Crippen LogP contribution in [0.3, 0.4) is 0 Å². The van der Waals surface area contributed by atoms with Gasteiger partial charge in [0.2, 0.25) is 17.7 Å². The predicted molar refractivity (Wildman–Crippen MR) is 213 cm³/mol. The summed E-state index contributed by atoms with van der Waals surface area (Å²) in [6.45, 7) is 11.2. The van der Waals surface area contributed by atoms with E-state index in [2.05, 4.69) is 38.2 Å². The van der Waals surface area contributed by atoms with Crippen LogP contribution in [-0.2, 0) is 30.4 Å². The Morgan fingerprint density at radius 2 is 1.53 bits per heavy atom. The van der Waals surface area contributed by atoms with E-state index in [0.29, 0.717) is 26.0 Å². The largest absolute Gasteiger partial charge is 0.391 e. The van der Waals surface area contributed by atoms with Crippen LogP contribution in [-0.4, -0.2) is 88.3 Å². The van der Waals surface area contributed by atoms with Crippen molar-refractivity contribution in [3.8, 4) is 10.4 Å². The first-order valence-corrected chi connectivity index (χ1v) is 21.2. The van der Waals surface area contributed by atoms with Crippen LogP contribution in [0.25, 0.3) is 10.4 Å². The standard InChI is InChI=1S/C39H61IN4O6S/c1-29-35(51-28-42-29)31-18-16-30(17-19-31)26-41-37(47)33-25-32(45)27-44(33)38(48)36(39(2,3)4)43-34(46)15-9-7-12-22-50-24-14-8-13-23-49-21-11-6-5-10-20-40/h16-19,28,32-33,36,45H,5-15,20-27H2,1-4H3,(H,41,47)(H,43,46). The van der Waals surface area contributed by atoms with Crippen molar-refractivity contribution in [2.24, 2.45) is 5.41 Å². The summed E-state index contributed by atoms with van der Waals surface area (Å²) in [4.78, 5) is 47.0. The molecule has 0 radical (unpaired) electrons. The van der Waals surface area contributed by atoms with E-state index in [9.17, 15) is 19.5 Å². The van der Waals surface area contributed by atoms with Crippen molar-refractivity contribution in [1.29, 1.82) is 0 Å². The maximum atomic E-state index is 13.9. The zero-order valence-electron chi connectivity index (χ0n) is 31.2. The van der Waals surface area contributed by atoms with Crippen molar-refractivity contribution in [3.63, 3.8) is 0 Å². The van der Waals surface area contributed by atoms with Gasteiger partial charge in [-0.1, -0.05) is 86.9 Å². The molecule has 1 aliphatic heterocycles. The van der Waals surface area contributed by atoms with Crippen LogP contribution in [0.2, 0.25) is 0 Å². The first-order valence-electron chi connectivity index (χ1n) is 18.8. The summed E-state index contributed by atoms with van der Waals surface area (Å²) in [6, 6.07) is 6.32. The number of alkyl halides is 1. The molecule has 0 bridgehead atoms. The van der Waals surface area contributed by atoms with E-state index in [1.165, 1.54) is 28.6 Å². The molecule has 0 spiro atoms. The maximum Gasteiger partial charge on any atom is 0.246 e. The number of unbranched alkanes of at least 4 members (excludes halogenated alkanes) is 7. The molecule has 12 heteroatoms. The first kappa shape index (κ1) is 43.3. The zero-order chi connectivity index (χ0) is 37.1. The number of halogens is 1. The highest BCUT2D eigenvalue weighted by Crippen LogP contribution is 2.28. The average Bonchev–Trinajstić information content (AvgIpc) is 3.72. The summed E-state index contributed by atoms with van der Waals surface area (Å²) in [6.07, 6.45) is 10.3. The average molecular weight is 841 g/mol. The lowest BCUT2D eigenvalue weighted by Crippen LogP contribution is -2.57. The van der Waals surface area contributed by atoms with Crippen molar-refractivity contribution < 1.29 is 29.0 Å². The number of aryl methyl sites for hydroxylation is 1. The number of nitrogens with one attached hydrogen (secondary N) is 2. The Balaban J connectivity index is 1.34. The molecule has 2 heterocycles. The van der Waals surface area contributed by atoms with Gasteiger partial charge in [0.05, 0.1) is 22.2 Å². The van der Waals surface area contributed by atoms with Gasteiger partial charge in [-0.05, 0) is 72.8 Å². The molecule has 1 aromatic carbocycles. The van der Waals surface area contributed by atoms with Gasteiger partial charge in [-0.15, -0.1) is 11.3 Å². The highest BCUT2D eigenvalue weighted by molar-refractivity contribution is 14.1. The summed E-state index contributed by atoms with van der Waals surface area (Å²) >= 11 is 4.02. The third kappa shape index (κ3) is 15.8. The monoisotopic (exact) mass is 840 g/mol. The number of ether oxygens (including phenoxy) is 2. The predicted octanol–water partition coefficient (Wildman–Crippen LogP) is 6.99. The lowest BCUT2D eigenvalue weighted by molar-refractivity contribution is -0.144. The Morgan fingerprint density at radius 3 is 2.10 bits per heavy atom. The second-order valence-electron chi connectivity index (χ2n) is 14.6. The van der Waals surface area contributed by atoms with Gasteiger partial charge >= 0.3 is 0 Å². The fraction of sp³-hybridized carbons (Fsp3) is 0.692. The van der Waals surface area contributed by atoms with Gasteiger partial charge in [0, 0.05) is 52.4 Å². The Labute approximate surface area is 323 Å². The van der Waals surface area contributed by atoms with Crippen LogP contribution in [0, 0.1) is 12.3 Å². The van der Waals surface area contributed by atoms with Crippen LogP contribution < -0.4 is 10.6 Å². The Morgan fingerprint density at radius 1 is 0.941 bits per heavy atom. The van der Waals surface area contributed by atoms with Crippen LogP contribution in [0.1, 0.15) is 109 Å². The van der Waals surface area contributed by atoms with Crippen molar-refractivity contribution >= 4 is 51.6 Å². The lowest BCUT2D eigenvalue weighted by Gasteiger charge is -2.35. The summed E-state index contributed by atoms with van der Waals surface area (Å²) in [5, 5.41) is 16.4. The van der Waals surface area contributed by atoms with E-state index < -0.39 is 23.6 Å². The molecule has 286 valence electrons. The quantitative estimate of drug-likeness (QED) is 0.0591. The summed E-state index contributed by atoms with van der Waals surface area (Å²) in [5.74, 6) is -0.857. The minimum absolute atomic E-state index is 0.0506. The number of thiazole rings is 1. The minimum Gasteiger partial charge on any atom is -0.391 e. The zero-order valence-corrected chi connectivity index (χ0v) is 34.2. The van der Waals surface area contributed by atoms with Crippen LogP contribution in [0.4, 0.5) is 0 Å². The number of aliphatic hydroxyl groups excluding tert-OH is 1. The van der Waals surface area contributed by atoms with E-state index in [1.54, 1.807) is 11.3 Å². The minimum atomic E-state index is -0.826. The van der Waals surface area contributed by atoms with E-state index >= 15 is 0 Å². The molecule has 3 rings (SSSR count). The second kappa shape index (κ2) is 23.5. The molecule has 2 aromatic rings. The number of likely N-dealkylation sites (tertiary alicyclic amines) is 1. The van der Waals surface area contributed by atoms with E-state index in [0.717, 1.165) is 80.0 Å². The maximum absolute atomic E-state index is 13.9. The number of β-amino-alcohol motifs (C(OH)–C–C–N with tert-alkyl or cyclic N) is 1. The fourth-order valence-electron chi connectivity index (χ4n) is 6.12. The third-order valence-electron chi connectivity index (χ3n) is 9.15. The number of hydrogen-bond acceptors (Lipinski definition) is 8. The molecule has 3 N–H and O–H groups in total. The van der Waals surface area contributed by atoms with Crippen LogP contribution in [0.15, 0.2) is 29.8 Å². The Hall–Kier alpha value is -2.13. The number of carbonyl (C=O) groups is 3. The van der Waals surface area contributed by atoms with Gasteiger partial charge < -0.3 is 30.1 Å². The summed E-state index contributed by atoms with van der Waals surface area (Å²) in [5.41, 5.74) is 4.22. The Bertz CT molecular complexity index is 1320. The molecule has 0 aliphatic carbocycles. The van der Waals surface area contributed by atoms with Crippen LogP contribution in [0.5, 0.6) is 0 Å². The molecule has 0 saturated carbocycles. The normalized spacial score (nSPS) is 16.7. The van der Waals surface area contributed by atoms with Crippen molar-refractivity contribution in [2.45, 2.75) is 129 Å². The number of benzene rings is 1. The molecule has 10 nitrogen and oxygen atoms in total. The topological polar surface area (TPSA) is 130 Å². The van der Waals surface area contributed by atoms with Gasteiger partial charge in [-0.3, -0.25) is 14.4 Å². The first-order chi connectivity index (χ1) is 24.5. The molecule has 51 heavy (non-hydrogen) atoms.